The van der Waals surface area contributed by atoms with E-state index in [-0.39, 0.29) is 11.7 Å². The Morgan fingerprint density at radius 1 is 1.67 bits per heavy atom. The molecule has 4 nitrogen and oxygen atoms in total. The summed E-state index contributed by atoms with van der Waals surface area (Å²) in [6, 6.07) is 0. The van der Waals surface area contributed by atoms with Crippen LogP contribution in [0, 0.1) is 0 Å². The van der Waals surface area contributed by atoms with Crippen molar-refractivity contribution in [1.82, 2.24) is 4.90 Å². The summed E-state index contributed by atoms with van der Waals surface area (Å²) < 4.78 is 5.17. The maximum Gasteiger partial charge on any atom is 0.410 e. The lowest BCUT2D eigenvalue weighted by Gasteiger charge is -2.36. The lowest BCUT2D eigenvalue weighted by atomic mass is 10.0. The van der Waals surface area contributed by atoms with Gasteiger partial charge in [-0.05, 0) is 13.8 Å². The molecular weight excluding hydrogens is 156 g/mol. The Kier molecular flexibility index (Phi) is 2.57. The van der Waals surface area contributed by atoms with E-state index in [0.717, 1.165) is 13.0 Å². The second-order valence-electron chi connectivity index (χ2n) is 3.65. The number of hydrogen-bond acceptors (Lipinski definition) is 3. The summed E-state index contributed by atoms with van der Waals surface area (Å²) in [6.07, 6.45) is 0.635. The van der Waals surface area contributed by atoms with Gasteiger partial charge in [-0.25, -0.2) is 4.79 Å². The highest BCUT2D eigenvalue weighted by Crippen LogP contribution is 2.21. The first-order valence-electron chi connectivity index (χ1n) is 4.23. The molecule has 4 heteroatoms. The van der Waals surface area contributed by atoms with Gasteiger partial charge < -0.3 is 15.4 Å². The molecule has 0 saturated carbocycles. The van der Waals surface area contributed by atoms with Crippen molar-refractivity contribution in [3.63, 3.8) is 0 Å². The minimum atomic E-state index is -0.303. The van der Waals surface area contributed by atoms with Crippen LogP contribution in [0.5, 0.6) is 0 Å². The zero-order valence-corrected chi connectivity index (χ0v) is 7.67. The Labute approximate surface area is 72.7 Å². The van der Waals surface area contributed by atoms with E-state index in [4.69, 9.17) is 10.5 Å². The Bertz CT molecular complexity index is 180. The van der Waals surface area contributed by atoms with Crippen LogP contribution < -0.4 is 5.73 Å². The number of carbonyl (C=O) groups excluding carboxylic acids is 1. The molecule has 1 amide bonds. The van der Waals surface area contributed by atoms with Gasteiger partial charge in [-0.15, -0.1) is 0 Å². The summed E-state index contributed by atoms with van der Waals surface area (Å²) >= 11 is 0. The number of rotatable bonds is 2. The largest absolute Gasteiger partial charge is 0.443 e. The first kappa shape index (κ1) is 9.32. The van der Waals surface area contributed by atoms with Gasteiger partial charge in [-0.3, -0.25) is 0 Å². The third kappa shape index (κ3) is 2.11. The molecule has 0 bridgehead atoms. The summed E-state index contributed by atoms with van der Waals surface area (Å²) in [7, 11) is 0. The van der Waals surface area contributed by atoms with Crippen LogP contribution in [0.25, 0.3) is 0 Å². The van der Waals surface area contributed by atoms with Gasteiger partial charge in [0.2, 0.25) is 0 Å². The van der Waals surface area contributed by atoms with E-state index < -0.39 is 0 Å². The molecule has 2 N–H and O–H groups in total. The van der Waals surface area contributed by atoms with E-state index in [2.05, 4.69) is 0 Å². The highest BCUT2D eigenvalue weighted by atomic mass is 16.6. The molecule has 0 aliphatic carbocycles. The van der Waals surface area contributed by atoms with E-state index in [9.17, 15) is 4.79 Å². The average Bonchev–Trinajstić information content (AvgIpc) is 1.94. The SMILES string of the molecule is CC1(C)CCN(CCN)C(=O)O1. The van der Waals surface area contributed by atoms with Crippen molar-refractivity contribution in [2.24, 2.45) is 5.73 Å². The van der Waals surface area contributed by atoms with Gasteiger partial charge in [0.25, 0.3) is 0 Å². The van der Waals surface area contributed by atoms with E-state index in [1.807, 2.05) is 13.8 Å². The fraction of sp³-hybridized carbons (Fsp3) is 0.875. The summed E-state index contributed by atoms with van der Waals surface area (Å²) in [5.74, 6) is 0. The van der Waals surface area contributed by atoms with Crippen LogP contribution in [0.3, 0.4) is 0 Å². The first-order valence-corrected chi connectivity index (χ1v) is 4.23. The monoisotopic (exact) mass is 172 g/mol. The summed E-state index contributed by atoms with van der Waals surface area (Å²) in [5, 5.41) is 0. The Hall–Kier alpha value is -0.770. The topological polar surface area (TPSA) is 55.6 Å². The van der Waals surface area contributed by atoms with E-state index in [1.165, 1.54) is 0 Å². The Balaban J connectivity index is 2.48. The molecule has 70 valence electrons. The van der Waals surface area contributed by atoms with Crippen molar-refractivity contribution in [2.45, 2.75) is 25.9 Å². The lowest BCUT2D eigenvalue weighted by molar-refractivity contribution is -0.0246. The second kappa shape index (κ2) is 3.31. The van der Waals surface area contributed by atoms with Crippen LogP contribution in [0.2, 0.25) is 0 Å². The quantitative estimate of drug-likeness (QED) is 0.662. The van der Waals surface area contributed by atoms with Crippen molar-refractivity contribution in [3.05, 3.63) is 0 Å². The number of ether oxygens (including phenoxy) is 1. The highest BCUT2D eigenvalue weighted by molar-refractivity contribution is 5.68. The third-order valence-electron chi connectivity index (χ3n) is 2.00. The van der Waals surface area contributed by atoms with Crippen LogP contribution in [-0.4, -0.2) is 36.2 Å². The molecular formula is C8H16N2O2. The molecule has 1 aliphatic heterocycles. The number of hydrogen-bond donors (Lipinski definition) is 1. The molecule has 1 fully saturated rings. The summed E-state index contributed by atoms with van der Waals surface area (Å²) in [6.45, 7) is 5.68. The first-order chi connectivity index (χ1) is 5.55. The van der Waals surface area contributed by atoms with Crippen molar-refractivity contribution in [2.75, 3.05) is 19.6 Å². The molecule has 12 heavy (non-hydrogen) atoms. The van der Waals surface area contributed by atoms with Crippen LogP contribution in [0.15, 0.2) is 0 Å². The van der Waals surface area contributed by atoms with Crippen LogP contribution in [-0.2, 0) is 4.74 Å². The van der Waals surface area contributed by atoms with Crippen molar-refractivity contribution in [3.8, 4) is 0 Å². The smallest absolute Gasteiger partial charge is 0.410 e. The second-order valence-corrected chi connectivity index (χ2v) is 3.65. The summed E-state index contributed by atoms with van der Waals surface area (Å²) in [5.41, 5.74) is 5.04. The molecule has 0 aromatic heterocycles. The molecule has 1 rings (SSSR count). The molecule has 0 aromatic rings. The van der Waals surface area contributed by atoms with Crippen LogP contribution in [0.4, 0.5) is 4.79 Å². The van der Waals surface area contributed by atoms with Gasteiger partial charge >= 0.3 is 6.09 Å². The third-order valence-corrected chi connectivity index (χ3v) is 2.00. The minimum Gasteiger partial charge on any atom is -0.443 e. The van der Waals surface area contributed by atoms with Gasteiger partial charge in [0.1, 0.15) is 5.60 Å². The number of amides is 1. The Morgan fingerprint density at radius 3 is 2.83 bits per heavy atom. The number of cyclic esters (lactones) is 1. The van der Waals surface area contributed by atoms with Crippen molar-refractivity contribution < 1.29 is 9.53 Å². The van der Waals surface area contributed by atoms with Gasteiger partial charge in [-0.1, -0.05) is 0 Å². The fourth-order valence-electron chi connectivity index (χ4n) is 1.21. The number of carbonyl (C=O) groups is 1. The van der Waals surface area contributed by atoms with Gasteiger partial charge in [-0.2, -0.15) is 0 Å². The van der Waals surface area contributed by atoms with Crippen LogP contribution in [0.1, 0.15) is 20.3 Å². The summed E-state index contributed by atoms with van der Waals surface area (Å²) in [4.78, 5) is 12.9. The predicted molar refractivity (Wildman–Crippen MR) is 45.8 cm³/mol. The zero-order valence-electron chi connectivity index (χ0n) is 7.67. The number of nitrogens with zero attached hydrogens (tertiary/aromatic N) is 1. The van der Waals surface area contributed by atoms with E-state index in [1.54, 1.807) is 4.90 Å². The molecule has 1 saturated heterocycles. The van der Waals surface area contributed by atoms with Gasteiger partial charge in [0.05, 0.1) is 0 Å². The molecule has 1 heterocycles. The normalized spacial score (nSPS) is 22.2. The zero-order chi connectivity index (χ0) is 9.19. The van der Waals surface area contributed by atoms with Crippen LogP contribution >= 0.6 is 0 Å². The van der Waals surface area contributed by atoms with Gasteiger partial charge in [0.15, 0.2) is 0 Å². The van der Waals surface area contributed by atoms with Crippen molar-refractivity contribution >= 4 is 6.09 Å². The molecule has 0 radical (unpaired) electrons. The number of nitrogens with two attached hydrogens (primary N) is 1. The van der Waals surface area contributed by atoms with E-state index in [0.29, 0.717) is 13.1 Å². The maximum absolute atomic E-state index is 11.2. The standard InChI is InChI=1S/C8H16N2O2/c1-8(2)3-5-10(6-4-9)7(11)12-8/h3-6,9H2,1-2H3. The molecule has 0 atom stereocenters. The molecule has 0 aromatic carbocycles. The Morgan fingerprint density at radius 2 is 2.33 bits per heavy atom. The maximum atomic E-state index is 11.2. The predicted octanol–water partition coefficient (Wildman–Crippen LogP) is 0.566. The van der Waals surface area contributed by atoms with Gasteiger partial charge in [0, 0.05) is 26.1 Å². The molecule has 1 aliphatic rings. The minimum absolute atomic E-state index is 0.239. The van der Waals surface area contributed by atoms with E-state index >= 15 is 0 Å². The van der Waals surface area contributed by atoms with Crippen molar-refractivity contribution in [1.29, 1.82) is 0 Å². The fourth-order valence-corrected chi connectivity index (χ4v) is 1.21. The highest BCUT2D eigenvalue weighted by Gasteiger charge is 2.31. The lowest BCUT2D eigenvalue weighted by Crippen LogP contribution is -2.47. The molecule has 0 spiro atoms. The average molecular weight is 172 g/mol. The molecule has 0 unspecified atom stereocenters.